The largest absolute Gasteiger partial charge is 0.440 e. The predicted octanol–water partition coefficient (Wildman–Crippen LogP) is 1.56. The molecule has 1 aromatic heterocycles. The third kappa shape index (κ3) is 2.81. The quantitative estimate of drug-likeness (QED) is 0.804. The molecule has 1 atom stereocenters. The van der Waals surface area contributed by atoms with E-state index in [0.717, 1.165) is 19.0 Å². The van der Waals surface area contributed by atoms with Crippen LogP contribution >= 0.6 is 0 Å². The molecular formula is C15H15F3N4O3. The van der Waals surface area contributed by atoms with Gasteiger partial charge in [0.15, 0.2) is 0 Å². The van der Waals surface area contributed by atoms with Crippen LogP contribution in [0.25, 0.3) is 0 Å². The van der Waals surface area contributed by atoms with Crippen LogP contribution < -0.4 is 10.6 Å². The highest BCUT2D eigenvalue weighted by atomic mass is 19.4. The van der Waals surface area contributed by atoms with Gasteiger partial charge in [-0.3, -0.25) is 24.8 Å². The Labute approximate surface area is 140 Å². The molecule has 2 fully saturated rings. The number of amides is 4. The summed E-state index contributed by atoms with van der Waals surface area (Å²) < 4.78 is 41.1. The maximum Gasteiger partial charge on any atom is 0.440 e. The number of rotatable bonds is 3. The maximum atomic E-state index is 13.7. The summed E-state index contributed by atoms with van der Waals surface area (Å²) >= 11 is 0. The second-order valence-corrected chi connectivity index (χ2v) is 5.99. The molecule has 3 rings (SSSR count). The van der Waals surface area contributed by atoms with Crippen molar-refractivity contribution in [2.75, 3.05) is 0 Å². The monoisotopic (exact) mass is 356 g/mol. The van der Waals surface area contributed by atoms with Crippen molar-refractivity contribution in [3.8, 4) is 0 Å². The van der Waals surface area contributed by atoms with E-state index in [0.29, 0.717) is 17.7 Å². The lowest BCUT2D eigenvalue weighted by atomic mass is 10.1. The highest BCUT2D eigenvalue weighted by Crippen LogP contribution is 2.37. The van der Waals surface area contributed by atoms with Crippen LogP contribution in [0.1, 0.15) is 36.0 Å². The van der Waals surface area contributed by atoms with Gasteiger partial charge in [0.05, 0.1) is 5.56 Å². The number of nitrogens with one attached hydrogen (secondary N) is 2. The zero-order valence-corrected chi connectivity index (χ0v) is 13.0. The first kappa shape index (κ1) is 17.2. The minimum absolute atomic E-state index is 0.160. The fourth-order valence-corrected chi connectivity index (χ4v) is 3.13. The molecule has 2 heterocycles. The zero-order valence-electron chi connectivity index (χ0n) is 13.0. The first-order valence-electron chi connectivity index (χ1n) is 7.71. The Morgan fingerprint density at radius 2 is 2.00 bits per heavy atom. The van der Waals surface area contributed by atoms with Gasteiger partial charge in [0.2, 0.25) is 0 Å². The van der Waals surface area contributed by atoms with E-state index in [1.807, 2.05) is 0 Å². The van der Waals surface area contributed by atoms with E-state index in [2.05, 4.69) is 4.98 Å². The molecular weight excluding hydrogens is 341 g/mol. The Hall–Kier alpha value is -2.65. The number of aromatic nitrogens is 1. The lowest BCUT2D eigenvalue weighted by molar-refractivity contribution is -0.200. The average molecular weight is 356 g/mol. The fraction of sp³-hybridized carbons (Fsp3) is 0.467. The van der Waals surface area contributed by atoms with Crippen LogP contribution in [0.2, 0.25) is 0 Å². The molecule has 4 amide bonds. The molecule has 1 aromatic rings. The van der Waals surface area contributed by atoms with Gasteiger partial charge in [0.1, 0.15) is 0 Å². The molecule has 0 unspecified atom stereocenters. The summed E-state index contributed by atoms with van der Waals surface area (Å²) in [5.74, 6) is -2.67. The van der Waals surface area contributed by atoms with Crippen LogP contribution in [0.15, 0.2) is 24.5 Å². The van der Waals surface area contributed by atoms with Crippen molar-refractivity contribution in [2.24, 2.45) is 0 Å². The summed E-state index contributed by atoms with van der Waals surface area (Å²) in [5, 5.41) is 3.30. The normalized spacial score (nSPS) is 24.5. The average Bonchev–Trinajstić information content (AvgIpc) is 3.15. The molecule has 0 aromatic carbocycles. The van der Waals surface area contributed by atoms with Gasteiger partial charge in [0.25, 0.3) is 17.5 Å². The molecule has 1 saturated carbocycles. The molecule has 10 heteroatoms. The molecule has 0 spiro atoms. The Morgan fingerprint density at radius 3 is 2.56 bits per heavy atom. The number of carbonyl (C=O) groups is 3. The highest BCUT2D eigenvalue weighted by Gasteiger charge is 2.69. The van der Waals surface area contributed by atoms with Crippen LogP contribution in [0.4, 0.5) is 18.0 Å². The number of halogens is 3. The van der Waals surface area contributed by atoms with E-state index in [1.54, 1.807) is 10.6 Å². The van der Waals surface area contributed by atoms with Crippen LogP contribution in [-0.4, -0.2) is 45.6 Å². The van der Waals surface area contributed by atoms with Gasteiger partial charge < -0.3 is 5.32 Å². The molecule has 0 bridgehead atoms. The Bertz CT molecular complexity index is 704. The van der Waals surface area contributed by atoms with Crippen LogP contribution in [0.3, 0.4) is 0 Å². The van der Waals surface area contributed by atoms with E-state index in [1.165, 1.54) is 18.3 Å². The summed E-state index contributed by atoms with van der Waals surface area (Å²) in [7, 11) is 0. The van der Waals surface area contributed by atoms with Crippen molar-refractivity contribution < 1.29 is 27.6 Å². The van der Waals surface area contributed by atoms with Gasteiger partial charge in [-0.2, -0.15) is 13.2 Å². The molecule has 7 nitrogen and oxygen atoms in total. The van der Waals surface area contributed by atoms with Gasteiger partial charge in [-0.1, -0.05) is 12.8 Å². The summed E-state index contributed by atoms with van der Waals surface area (Å²) in [6, 6.07) is 0.880. The number of alkyl halides is 3. The molecule has 2 aliphatic rings. The summed E-state index contributed by atoms with van der Waals surface area (Å²) in [5.41, 5.74) is -3.63. The van der Waals surface area contributed by atoms with Crippen molar-refractivity contribution in [3.63, 3.8) is 0 Å². The molecule has 1 saturated heterocycles. The fourth-order valence-electron chi connectivity index (χ4n) is 3.13. The SMILES string of the molecule is O=C(N[C@]1(C(F)(F)F)NC(=O)N(C2CCCC2)C1=O)c1cccnc1. The number of hydrogen-bond donors (Lipinski definition) is 2. The minimum Gasteiger partial charge on any atom is -0.314 e. The smallest absolute Gasteiger partial charge is 0.314 e. The van der Waals surface area contributed by atoms with Gasteiger partial charge in [-0.05, 0) is 25.0 Å². The number of imide groups is 1. The van der Waals surface area contributed by atoms with Gasteiger partial charge in [-0.25, -0.2) is 4.79 Å². The van der Waals surface area contributed by atoms with E-state index in [9.17, 15) is 27.6 Å². The molecule has 0 radical (unpaired) electrons. The van der Waals surface area contributed by atoms with E-state index >= 15 is 0 Å². The van der Waals surface area contributed by atoms with Crippen LogP contribution in [0, 0.1) is 0 Å². The number of pyridine rings is 1. The van der Waals surface area contributed by atoms with Crippen LogP contribution in [-0.2, 0) is 4.79 Å². The number of nitrogens with zero attached hydrogens (tertiary/aromatic N) is 2. The lowest BCUT2D eigenvalue weighted by Crippen LogP contribution is -2.69. The minimum atomic E-state index is -5.20. The highest BCUT2D eigenvalue weighted by molar-refractivity contribution is 6.10. The van der Waals surface area contributed by atoms with E-state index < -0.39 is 35.7 Å². The van der Waals surface area contributed by atoms with Crippen molar-refractivity contribution in [1.82, 2.24) is 20.5 Å². The van der Waals surface area contributed by atoms with Crippen LogP contribution in [0.5, 0.6) is 0 Å². The summed E-state index contributed by atoms with van der Waals surface area (Å²) in [4.78, 5) is 41.0. The van der Waals surface area contributed by atoms with Gasteiger partial charge in [0, 0.05) is 18.4 Å². The molecule has 1 aliphatic carbocycles. The van der Waals surface area contributed by atoms with E-state index in [4.69, 9.17) is 0 Å². The van der Waals surface area contributed by atoms with Crippen molar-refractivity contribution in [1.29, 1.82) is 0 Å². The van der Waals surface area contributed by atoms with Gasteiger partial charge in [-0.15, -0.1) is 0 Å². The Kier molecular flexibility index (Phi) is 4.13. The third-order valence-corrected chi connectivity index (χ3v) is 4.39. The van der Waals surface area contributed by atoms with Gasteiger partial charge >= 0.3 is 12.2 Å². The van der Waals surface area contributed by atoms with Crippen molar-refractivity contribution in [3.05, 3.63) is 30.1 Å². The maximum absolute atomic E-state index is 13.7. The number of carbonyl (C=O) groups excluding carboxylic acids is 3. The van der Waals surface area contributed by atoms with Crippen molar-refractivity contribution >= 4 is 17.8 Å². The molecule has 1 aliphatic heterocycles. The van der Waals surface area contributed by atoms with Crippen molar-refractivity contribution in [2.45, 2.75) is 43.6 Å². The third-order valence-electron chi connectivity index (χ3n) is 4.39. The summed E-state index contributed by atoms with van der Waals surface area (Å²) in [6.45, 7) is 0. The summed E-state index contributed by atoms with van der Waals surface area (Å²) in [6.07, 6.45) is -0.445. The zero-order chi connectivity index (χ0) is 18.2. The lowest BCUT2D eigenvalue weighted by Gasteiger charge is -2.30. The Morgan fingerprint density at radius 1 is 1.32 bits per heavy atom. The number of hydrogen-bond acceptors (Lipinski definition) is 4. The Balaban J connectivity index is 1.93. The molecule has 134 valence electrons. The predicted molar refractivity (Wildman–Crippen MR) is 78.1 cm³/mol. The number of urea groups is 1. The molecule has 25 heavy (non-hydrogen) atoms. The van der Waals surface area contributed by atoms with E-state index in [-0.39, 0.29) is 5.56 Å². The first-order chi connectivity index (χ1) is 11.8. The standard InChI is InChI=1S/C15H15F3N4O3/c16-15(17,18)14(20-11(23)9-4-3-7-19-8-9)12(24)22(13(25)21-14)10-5-1-2-6-10/h3-4,7-8,10H,1-2,5-6H2,(H,20,23)(H,21,25)/t14-/m0/s1. The molecule has 2 N–H and O–H groups in total. The topological polar surface area (TPSA) is 91.4 Å². The second kappa shape index (κ2) is 6.01. The second-order valence-electron chi connectivity index (χ2n) is 5.99. The first-order valence-corrected chi connectivity index (χ1v) is 7.71.